The molecule has 0 amide bonds. The summed E-state index contributed by atoms with van der Waals surface area (Å²) in [5.74, 6) is 0.246. The van der Waals surface area contributed by atoms with Gasteiger partial charge in [0.05, 0.1) is 0 Å². The first-order valence-electron chi connectivity index (χ1n) is 6.43. The zero-order valence-electron chi connectivity index (χ0n) is 10.6. The van der Waals surface area contributed by atoms with Crippen molar-refractivity contribution in [3.63, 3.8) is 0 Å². The maximum atomic E-state index is 12.1. The average molecular weight is 249 g/mol. The van der Waals surface area contributed by atoms with E-state index in [-0.39, 0.29) is 5.78 Å². The fourth-order valence-electron chi connectivity index (χ4n) is 2.38. The van der Waals surface area contributed by atoms with Gasteiger partial charge in [0, 0.05) is 29.9 Å². The van der Waals surface area contributed by atoms with Crippen molar-refractivity contribution in [1.29, 1.82) is 0 Å². The highest BCUT2D eigenvalue weighted by Gasteiger charge is 2.09. The largest absolute Gasteiger partial charge is 0.361 e. The third kappa shape index (κ3) is 2.58. The van der Waals surface area contributed by atoms with Gasteiger partial charge >= 0.3 is 0 Å². The normalized spacial score (nSPS) is 10.7. The van der Waals surface area contributed by atoms with Gasteiger partial charge in [0.2, 0.25) is 0 Å². The van der Waals surface area contributed by atoms with E-state index in [0.717, 1.165) is 22.0 Å². The first kappa shape index (κ1) is 11.7. The summed E-state index contributed by atoms with van der Waals surface area (Å²) in [6.45, 7) is 0. The first-order valence-corrected chi connectivity index (χ1v) is 6.43. The number of Topliss-reactive ketones (excluding diaryl/α,β-unsaturated/α-hetero) is 1. The van der Waals surface area contributed by atoms with Gasteiger partial charge < -0.3 is 4.98 Å². The monoisotopic (exact) mass is 249 g/mol. The van der Waals surface area contributed by atoms with Crippen LogP contribution < -0.4 is 0 Å². The van der Waals surface area contributed by atoms with Crippen molar-refractivity contribution in [2.24, 2.45) is 0 Å². The number of carbonyl (C=O) groups is 1. The van der Waals surface area contributed by atoms with E-state index in [2.05, 4.69) is 11.1 Å². The SMILES string of the molecule is O=C(Cc1ccccc1)Cc1c[nH]c2ccccc12. The Kier molecular flexibility index (Phi) is 3.15. The van der Waals surface area contributed by atoms with E-state index in [1.54, 1.807) is 0 Å². The lowest BCUT2D eigenvalue weighted by molar-refractivity contribution is -0.117. The van der Waals surface area contributed by atoms with E-state index < -0.39 is 0 Å². The predicted octanol–water partition coefficient (Wildman–Crippen LogP) is 3.52. The molecule has 1 N–H and O–H groups in total. The Morgan fingerprint density at radius 3 is 2.47 bits per heavy atom. The Hall–Kier alpha value is -2.35. The third-order valence-electron chi connectivity index (χ3n) is 3.31. The highest BCUT2D eigenvalue weighted by molar-refractivity contribution is 5.90. The van der Waals surface area contributed by atoms with Crippen LogP contribution in [0.15, 0.2) is 60.8 Å². The molecule has 1 heterocycles. The van der Waals surface area contributed by atoms with Crippen LogP contribution in [0.5, 0.6) is 0 Å². The smallest absolute Gasteiger partial charge is 0.141 e. The summed E-state index contributed by atoms with van der Waals surface area (Å²) < 4.78 is 0. The van der Waals surface area contributed by atoms with Crippen LogP contribution in [0.4, 0.5) is 0 Å². The van der Waals surface area contributed by atoms with Crippen molar-refractivity contribution < 1.29 is 4.79 Å². The number of benzene rings is 2. The second kappa shape index (κ2) is 5.11. The van der Waals surface area contributed by atoms with Crippen LogP contribution in [-0.2, 0) is 17.6 Å². The van der Waals surface area contributed by atoms with Gasteiger partial charge in [-0.05, 0) is 17.2 Å². The van der Waals surface area contributed by atoms with Gasteiger partial charge in [-0.1, -0.05) is 48.5 Å². The number of hydrogen-bond acceptors (Lipinski definition) is 1. The van der Waals surface area contributed by atoms with Crippen molar-refractivity contribution >= 4 is 16.7 Å². The van der Waals surface area contributed by atoms with Crippen LogP contribution in [0.1, 0.15) is 11.1 Å². The lowest BCUT2D eigenvalue weighted by Gasteiger charge is -2.01. The maximum Gasteiger partial charge on any atom is 0.141 e. The van der Waals surface area contributed by atoms with Crippen molar-refractivity contribution in [2.45, 2.75) is 12.8 Å². The minimum absolute atomic E-state index is 0.246. The summed E-state index contributed by atoms with van der Waals surface area (Å²) in [5.41, 5.74) is 3.24. The zero-order valence-corrected chi connectivity index (χ0v) is 10.6. The van der Waals surface area contributed by atoms with Gasteiger partial charge in [0.25, 0.3) is 0 Å². The molecule has 0 unspecified atom stereocenters. The predicted molar refractivity (Wildman–Crippen MR) is 77.2 cm³/mol. The summed E-state index contributed by atoms with van der Waals surface area (Å²) in [7, 11) is 0. The molecule has 0 aliphatic heterocycles. The van der Waals surface area contributed by atoms with Crippen LogP contribution in [-0.4, -0.2) is 10.8 Å². The minimum atomic E-state index is 0.246. The molecule has 0 spiro atoms. The number of hydrogen-bond donors (Lipinski definition) is 1. The highest BCUT2D eigenvalue weighted by Crippen LogP contribution is 2.18. The van der Waals surface area contributed by atoms with Crippen molar-refractivity contribution in [1.82, 2.24) is 4.98 Å². The molecular formula is C17H15NO. The number of carbonyl (C=O) groups excluding carboxylic acids is 1. The molecule has 0 atom stereocenters. The van der Waals surface area contributed by atoms with Crippen molar-refractivity contribution in [3.8, 4) is 0 Å². The topological polar surface area (TPSA) is 32.9 Å². The third-order valence-corrected chi connectivity index (χ3v) is 3.31. The quantitative estimate of drug-likeness (QED) is 0.754. The van der Waals surface area contributed by atoms with Crippen LogP contribution >= 0.6 is 0 Å². The fraction of sp³-hybridized carbons (Fsp3) is 0.118. The number of aromatic nitrogens is 1. The number of H-pyrrole nitrogens is 1. The molecule has 19 heavy (non-hydrogen) atoms. The number of ketones is 1. The van der Waals surface area contributed by atoms with E-state index in [0.29, 0.717) is 12.8 Å². The summed E-state index contributed by atoms with van der Waals surface area (Å²) in [6.07, 6.45) is 2.92. The van der Waals surface area contributed by atoms with E-state index in [4.69, 9.17) is 0 Å². The molecule has 0 saturated carbocycles. The van der Waals surface area contributed by atoms with Gasteiger partial charge in [-0.2, -0.15) is 0 Å². The Morgan fingerprint density at radius 2 is 1.63 bits per heavy atom. The number of rotatable bonds is 4. The second-order valence-electron chi connectivity index (χ2n) is 4.74. The Bertz CT molecular complexity index is 697. The highest BCUT2D eigenvalue weighted by atomic mass is 16.1. The maximum absolute atomic E-state index is 12.1. The van der Waals surface area contributed by atoms with Gasteiger partial charge in [-0.15, -0.1) is 0 Å². The first-order chi connectivity index (χ1) is 9.33. The molecule has 0 aliphatic rings. The molecule has 0 saturated heterocycles. The van der Waals surface area contributed by atoms with Crippen LogP contribution in [0.2, 0.25) is 0 Å². The number of nitrogens with one attached hydrogen (secondary N) is 1. The van der Waals surface area contributed by atoms with E-state index >= 15 is 0 Å². The number of para-hydroxylation sites is 1. The minimum Gasteiger partial charge on any atom is -0.361 e. The average Bonchev–Trinajstić information content (AvgIpc) is 2.83. The Labute approximate surface area is 112 Å². The molecule has 3 aromatic rings. The molecule has 94 valence electrons. The molecule has 1 aromatic heterocycles. The molecule has 0 fully saturated rings. The zero-order chi connectivity index (χ0) is 13.1. The standard InChI is InChI=1S/C17H15NO/c19-15(10-13-6-2-1-3-7-13)11-14-12-18-17-9-5-4-8-16(14)17/h1-9,12,18H,10-11H2. The van der Waals surface area contributed by atoms with Crippen LogP contribution in [0.25, 0.3) is 10.9 Å². The van der Waals surface area contributed by atoms with Gasteiger partial charge in [-0.25, -0.2) is 0 Å². The number of fused-ring (bicyclic) bond motifs is 1. The Balaban J connectivity index is 1.76. The lowest BCUT2D eigenvalue weighted by Crippen LogP contribution is -2.06. The van der Waals surface area contributed by atoms with Gasteiger partial charge in [0.1, 0.15) is 5.78 Å². The molecule has 2 nitrogen and oxygen atoms in total. The van der Waals surface area contributed by atoms with E-state index in [1.165, 1.54) is 0 Å². The molecule has 0 aliphatic carbocycles. The summed E-state index contributed by atoms with van der Waals surface area (Å²) in [5, 5.41) is 1.14. The van der Waals surface area contributed by atoms with E-state index in [1.807, 2.05) is 54.7 Å². The molecule has 0 bridgehead atoms. The van der Waals surface area contributed by atoms with Crippen LogP contribution in [0.3, 0.4) is 0 Å². The van der Waals surface area contributed by atoms with Crippen LogP contribution in [0, 0.1) is 0 Å². The molecule has 3 rings (SSSR count). The fourth-order valence-corrected chi connectivity index (χ4v) is 2.38. The summed E-state index contributed by atoms with van der Waals surface area (Å²) in [6, 6.07) is 18.0. The molecule has 2 heteroatoms. The molecule has 2 aromatic carbocycles. The Morgan fingerprint density at radius 1 is 0.895 bits per heavy atom. The molecular weight excluding hydrogens is 234 g/mol. The van der Waals surface area contributed by atoms with Gasteiger partial charge in [0.15, 0.2) is 0 Å². The molecule has 0 radical (unpaired) electrons. The second-order valence-corrected chi connectivity index (χ2v) is 4.74. The summed E-state index contributed by atoms with van der Waals surface area (Å²) in [4.78, 5) is 15.3. The van der Waals surface area contributed by atoms with Gasteiger partial charge in [-0.3, -0.25) is 4.79 Å². The lowest BCUT2D eigenvalue weighted by atomic mass is 10.0. The summed E-state index contributed by atoms with van der Waals surface area (Å²) >= 11 is 0. The van der Waals surface area contributed by atoms with E-state index in [9.17, 15) is 4.79 Å². The number of aromatic amines is 1. The van der Waals surface area contributed by atoms with Crippen molar-refractivity contribution in [3.05, 3.63) is 71.9 Å². The van der Waals surface area contributed by atoms with Crippen molar-refractivity contribution in [2.75, 3.05) is 0 Å².